The van der Waals surface area contributed by atoms with Gasteiger partial charge in [-0.15, -0.1) is 0 Å². The van der Waals surface area contributed by atoms with E-state index in [0.717, 1.165) is 5.56 Å². The van der Waals surface area contributed by atoms with Crippen LogP contribution < -0.4 is 10.1 Å². The van der Waals surface area contributed by atoms with Crippen molar-refractivity contribution < 1.29 is 23.5 Å². The van der Waals surface area contributed by atoms with E-state index in [9.17, 15) is 14.0 Å². The van der Waals surface area contributed by atoms with Crippen molar-refractivity contribution in [3.05, 3.63) is 63.9 Å². The van der Waals surface area contributed by atoms with Crippen molar-refractivity contribution in [2.24, 2.45) is 0 Å². The summed E-state index contributed by atoms with van der Waals surface area (Å²) in [5.41, 5.74) is 1.04. The fourth-order valence-corrected chi connectivity index (χ4v) is 2.55. The fraction of sp³-hybridized carbons (Fsp3) is 0.222. The summed E-state index contributed by atoms with van der Waals surface area (Å²) in [4.78, 5) is 24.1. The van der Waals surface area contributed by atoms with Gasteiger partial charge in [0.05, 0.1) is 17.1 Å². The molecule has 7 heteroatoms. The second kappa shape index (κ2) is 8.62. The lowest BCUT2D eigenvalue weighted by atomic mass is 10.2. The second-order valence-corrected chi connectivity index (χ2v) is 6.10. The van der Waals surface area contributed by atoms with Gasteiger partial charge in [0, 0.05) is 6.54 Å². The summed E-state index contributed by atoms with van der Waals surface area (Å²) in [7, 11) is 1.52. The van der Waals surface area contributed by atoms with Gasteiger partial charge in [-0.05, 0) is 58.7 Å². The molecule has 2 rings (SSSR count). The van der Waals surface area contributed by atoms with Crippen LogP contribution in [0.4, 0.5) is 4.39 Å². The number of hydrogen-bond donors (Lipinski definition) is 1. The number of halogens is 2. The van der Waals surface area contributed by atoms with Crippen molar-refractivity contribution in [3.63, 3.8) is 0 Å². The van der Waals surface area contributed by atoms with Crippen LogP contribution in [0.15, 0.2) is 46.9 Å². The lowest BCUT2D eigenvalue weighted by Gasteiger charge is -2.14. The lowest BCUT2D eigenvalue weighted by Crippen LogP contribution is -2.35. The summed E-state index contributed by atoms with van der Waals surface area (Å²) in [6.45, 7) is 1.70. The van der Waals surface area contributed by atoms with Crippen LogP contribution in [-0.2, 0) is 16.1 Å². The Kier molecular flexibility index (Phi) is 6.52. The van der Waals surface area contributed by atoms with E-state index < -0.39 is 18.0 Å². The number of amides is 1. The number of rotatable bonds is 6. The largest absolute Gasteiger partial charge is 0.496 e. The second-order valence-electron chi connectivity index (χ2n) is 5.24. The minimum absolute atomic E-state index is 0.217. The number of nitrogens with one attached hydrogen (secondary N) is 1. The van der Waals surface area contributed by atoms with Gasteiger partial charge < -0.3 is 14.8 Å². The van der Waals surface area contributed by atoms with E-state index in [4.69, 9.17) is 9.47 Å². The molecule has 5 nitrogen and oxygen atoms in total. The molecular formula is C18H17BrFNO4. The zero-order valence-electron chi connectivity index (χ0n) is 13.7. The number of carbonyl (C=O) groups excluding carboxylic acids is 2. The van der Waals surface area contributed by atoms with Gasteiger partial charge in [0.2, 0.25) is 0 Å². The highest BCUT2D eigenvalue weighted by atomic mass is 79.9. The van der Waals surface area contributed by atoms with Crippen molar-refractivity contribution in [3.8, 4) is 5.75 Å². The minimum Gasteiger partial charge on any atom is -0.496 e. The van der Waals surface area contributed by atoms with Crippen molar-refractivity contribution in [2.45, 2.75) is 19.6 Å². The van der Waals surface area contributed by atoms with Crippen molar-refractivity contribution in [1.82, 2.24) is 5.32 Å². The van der Waals surface area contributed by atoms with E-state index in [2.05, 4.69) is 21.2 Å². The highest BCUT2D eigenvalue weighted by Crippen LogP contribution is 2.25. The average Bonchev–Trinajstić information content (AvgIpc) is 2.60. The summed E-state index contributed by atoms with van der Waals surface area (Å²) in [6.07, 6.45) is -0.964. The Labute approximate surface area is 153 Å². The van der Waals surface area contributed by atoms with Crippen LogP contribution in [0.3, 0.4) is 0 Å². The van der Waals surface area contributed by atoms with Gasteiger partial charge in [0.25, 0.3) is 5.91 Å². The van der Waals surface area contributed by atoms with Crippen molar-refractivity contribution in [2.75, 3.05) is 7.11 Å². The molecule has 132 valence electrons. The molecule has 0 saturated carbocycles. The van der Waals surface area contributed by atoms with E-state index in [-0.39, 0.29) is 12.4 Å². The Morgan fingerprint density at radius 2 is 1.88 bits per heavy atom. The maximum Gasteiger partial charge on any atom is 0.338 e. The smallest absolute Gasteiger partial charge is 0.338 e. The summed E-state index contributed by atoms with van der Waals surface area (Å²) in [5.74, 6) is -0.817. The van der Waals surface area contributed by atoms with Crippen molar-refractivity contribution in [1.29, 1.82) is 0 Å². The molecule has 0 fully saturated rings. The van der Waals surface area contributed by atoms with E-state index in [1.807, 2.05) is 0 Å². The third kappa shape index (κ3) is 5.29. The van der Waals surface area contributed by atoms with Crippen LogP contribution in [0.1, 0.15) is 22.8 Å². The molecule has 1 amide bonds. The average molecular weight is 410 g/mol. The highest BCUT2D eigenvalue weighted by molar-refractivity contribution is 9.10. The Morgan fingerprint density at radius 1 is 1.20 bits per heavy atom. The zero-order valence-corrected chi connectivity index (χ0v) is 15.3. The number of esters is 1. The summed E-state index contributed by atoms with van der Waals surface area (Å²) < 4.78 is 23.7. The number of hydrogen-bond acceptors (Lipinski definition) is 4. The van der Waals surface area contributed by atoms with Crippen LogP contribution in [0, 0.1) is 5.82 Å². The van der Waals surface area contributed by atoms with Gasteiger partial charge >= 0.3 is 5.97 Å². The predicted octanol–water partition coefficient (Wildman–Crippen LogP) is 3.46. The number of benzene rings is 2. The monoisotopic (exact) mass is 409 g/mol. The van der Waals surface area contributed by atoms with E-state index >= 15 is 0 Å². The molecule has 1 N–H and O–H groups in total. The first-order valence-corrected chi connectivity index (χ1v) is 8.26. The normalized spacial score (nSPS) is 11.5. The molecular weight excluding hydrogens is 393 g/mol. The van der Waals surface area contributed by atoms with E-state index in [0.29, 0.717) is 15.8 Å². The van der Waals surface area contributed by atoms with Gasteiger partial charge in [-0.25, -0.2) is 9.18 Å². The van der Waals surface area contributed by atoms with Gasteiger partial charge in [-0.2, -0.15) is 0 Å². The van der Waals surface area contributed by atoms with Crippen LogP contribution in [0.2, 0.25) is 0 Å². The molecule has 0 radical (unpaired) electrons. The lowest BCUT2D eigenvalue weighted by molar-refractivity contribution is -0.129. The van der Waals surface area contributed by atoms with Gasteiger partial charge in [0.15, 0.2) is 6.10 Å². The van der Waals surface area contributed by atoms with Gasteiger partial charge in [-0.1, -0.05) is 12.1 Å². The minimum atomic E-state index is -0.964. The quantitative estimate of drug-likeness (QED) is 0.741. The third-order valence-corrected chi connectivity index (χ3v) is 4.04. The SMILES string of the molecule is COc1ccc(C(=O)O[C@H](C)C(=O)NCc2ccc(F)cc2)cc1Br. The van der Waals surface area contributed by atoms with E-state index in [1.165, 1.54) is 26.2 Å². The maximum absolute atomic E-state index is 12.8. The first-order chi connectivity index (χ1) is 11.9. The van der Waals surface area contributed by atoms with Crippen molar-refractivity contribution >= 4 is 27.8 Å². The van der Waals surface area contributed by atoms with Gasteiger partial charge in [-0.3, -0.25) is 4.79 Å². The number of methoxy groups -OCH3 is 1. The summed E-state index contributed by atoms with van der Waals surface area (Å²) >= 11 is 3.29. The summed E-state index contributed by atoms with van der Waals surface area (Å²) in [6, 6.07) is 10.5. The molecule has 0 bridgehead atoms. The molecule has 0 aromatic heterocycles. The topological polar surface area (TPSA) is 64.6 Å². The molecule has 0 unspecified atom stereocenters. The molecule has 0 aliphatic rings. The first-order valence-electron chi connectivity index (χ1n) is 7.47. The fourth-order valence-electron chi connectivity index (χ4n) is 2.01. The highest BCUT2D eigenvalue weighted by Gasteiger charge is 2.19. The zero-order chi connectivity index (χ0) is 18.4. The Bertz CT molecular complexity index is 764. The van der Waals surface area contributed by atoms with Crippen LogP contribution in [-0.4, -0.2) is 25.1 Å². The van der Waals surface area contributed by atoms with Crippen LogP contribution >= 0.6 is 15.9 Å². The predicted molar refractivity (Wildman–Crippen MR) is 93.8 cm³/mol. The molecule has 0 spiro atoms. The third-order valence-electron chi connectivity index (χ3n) is 3.42. The molecule has 1 atom stereocenters. The molecule has 25 heavy (non-hydrogen) atoms. The Balaban J connectivity index is 1.90. The maximum atomic E-state index is 12.8. The number of ether oxygens (including phenoxy) is 2. The first kappa shape index (κ1) is 18.9. The standard InChI is InChI=1S/C18H17BrFNO4/c1-11(17(22)21-10-12-3-6-14(20)7-4-12)25-18(23)13-5-8-16(24-2)15(19)9-13/h3-9,11H,10H2,1-2H3,(H,21,22)/t11-/m1/s1. The molecule has 0 aliphatic heterocycles. The van der Waals surface area contributed by atoms with Crippen LogP contribution in [0.25, 0.3) is 0 Å². The molecule has 0 aliphatic carbocycles. The van der Waals surface area contributed by atoms with Crippen LogP contribution in [0.5, 0.6) is 5.75 Å². The molecule has 2 aromatic carbocycles. The molecule has 0 heterocycles. The van der Waals surface area contributed by atoms with E-state index in [1.54, 1.807) is 30.3 Å². The Morgan fingerprint density at radius 3 is 2.48 bits per heavy atom. The molecule has 2 aromatic rings. The summed E-state index contributed by atoms with van der Waals surface area (Å²) in [5, 5.41) is 2.64. The van der Waals surface area contributed by atoms with Gasteiger partial charge in [0.1, 0.15) is 11.6 Å². The Hall–Kier alpha value is -2.41. The number of carbonyl (C=O) groups is 2. The molecule has 0 saturated heterocycles.